The van der Waals surface area contributed by atoms with Crippen LogP contribution in [0.15, 0.2) is 11.3 Å². The third-order valence-corrected chi connectivity index (χ3v) is 3.67. The van der Waals surface area contributed by atoms with Crippen molar-refractivity contribution in [2.24, 2.45) is 11.8 Å². The zero-order valence-corrected chi connectivity index (χ0v) is 23.3. The van der Waals surface area contributed by atoms with Gasteiger partial charge in [0.1, 0.15) is 18.2 Å². The lowest BCUT2D eigenvalue weighted by Crippen LogP contribution is -2.41. The molecule has 0 amide bonds. The number of esters is 2. The monoisotopic (exact) mass is 518 g/mol. The quantitative estimate of drug-likeness (QED) is 0.147. The van der Waals surface area contributed by atoms with Crippen LogP contribution in [-0.4, -0.2) is 70.6 Å². The van der Waals surface area contributed by atoms with Crippen LogP contribution in [0.5, 0.6) is 0 Å². The van der Waals surface area contributed by atoms with Crippen molar-refractivity contribution in [2.75, 3.05) is 41.7 Å². The number of carboxylic acids is 1. The van der Waals surface area contributed by atoms with Gasteiger partial charge in [-0.2, -0.15) is 10.5 Å². The number of methoxy groups -OCH3 is 4. The fraction of sp³-hybridized carbons (Fsp3) is 0.708. The van der Waals surface area contributed by atoms with Crippen LogP contribution in [0.1, 0.15) is 54.9 Å². The molecule has 12 heteroatoms. The number of allylic oxidation sites excluding steroid dienone is 1. The second kappa shape index (κ2) is 24.9. The zero-order valence-electron chi connectivity index (χ0n) is 23.3. The van der Waals surface area contributed by atoms with Crippen molar-refractivity contribution in [1.29, 1.82) is 10.5 Å². The zero-order chi connectivity index (χ0) is 29.3. The Morgan fingerprint density at radius 3 is 1.50 bits per heavy atom. The molecule has 12 nitrogen and oxygen atoms in total. The minimum Gasteiger partial charge on any atom is -0.499 e. The van der Waals surface area contributed by atoms with Crippen LogP contribution in [0.25, 0.3) is 0 Å². The highest BCUT2D eigenvalue weighted by Gasteiger charge is 2.33. The van der Waals surface area contributed by atoms with Gasteiger partial charge in [0.05, 0.1) is 26.4 Å². The summed E-state index contributed by atoms with van der Waals surface area (Å²) in [4.78, 5) is 30.5. The predicted octanol–water partition coefficient (Wildman–Crippen LogP) is 3.42. The number of hydrogen-bond donors (Lipinski definition) is 1. The fourth-order valence-corrected chi connectivity index (χ4v) is 2.26. The van der Waals surface area contributed by atoms with Crippen LogP contribution < -0.4 is 0 Å². The number of nitriles is 2. The van der Waals surface area contributed by atoms with Crippen LogP contribution in [-0.2, 0) is 42.8 Å². The Bertz CT molecular complexity index is 718. The largest absolute Gasteiger partial charge is 0.499 e. The minimum absolute atomic E-state index is 0.0148. The van der Waals surface area contributed by atoms with Crippen molar-refractivity contribution in [3.05, 3.63) is 11.3 Å². The van der Waals surface area contributed by atoms with Crippen molar-refractivity contribution in [2.45, 2.75) is 60.9 Å². The Kier molecular flexibility index (Phi) is 27.7. The molecule has 0 fully saturated rings. The lowest BCUT2D eigenvalue weighted by atomic mass is 10.1. The highest BCUT2D eigenvalue weighted by Crippen LogP contribution is 2.22. The Morgan fingerprint density at radius 2 is 1.31 bits per heavy atom. The molecular weight excluding hydrogens is 476 g/mol. The van der Waals surface area contributed by atoms with E-state index in [0.717, 1.165) is 6.92 Å². The van der Waals surface area contributed by atoms with E-state index in [1.807, 2.05) is 27.7 Å². The maximum absolute atomic E-state index is 11.3. The van der Waals surface area contributed by atoms with E-state index in [1.165, 1.54) is 7.11 Å². The number of ether oxygens (including phenoxy) is 6. The molecule has 0 aliphatic rings. The molecular formula is C24H42N2O10. The number of carbonyl (C=O) groups excluding carboxylic acids is 2. The molecule has 0 rings (SSSR count). The topological polar surface area (TPSA) is 174 Å². The standard InChI is InChI=1S/C10H15NO3.C7H16O3.C5H7NO2.C2H4O2/c1-5-14-10(12)8(6-11)9(13-4)7(2)3;1-6(2)7(8-3,9-4)10-5;1-2-8-5(7)3-4-6;1-2(3)4/h7H,5H2,1-4H3;6H,1-5H3;2-3H2,1H3;1H3,(H,3,4)/b9-8-;;;. The Hall–Kier alpha value is -3.19. The lowest BCUT2D eigenvalue weighted by molar-refractivity contribution is -0.373. The number of aliphatic carboxylic acids is 1. The van der Waals surface area contributed by atoms with Crippen molar-refractivity contribution < 1.29 is 47.9 Å². The summed E-state index contributed by atoms with van der Waals surface area (Å²) in [7, 11) is 6.12. The van der Waals surface area contributed by atoms with Crippen LogP contribution in [0, 0.1) is 34.5 Å². The average Bonchev–Trinajstić information content (AvgIpc) is 2.79. The van der Waals surface area contributed by atoms with E-state index >= 15 is 0 Å². The van der Waals surface area contributed by atoms with Crippen LogP contribution in [0.2, 0.25) is 0 Å². The molecule has 0 aromatic carbocycles. The van der Waals surface area contributed by atoms with Gasteiger partial charge in [-0.05, 0) is 13.8 Å². The molecule has 0 atom stereocenters. The van der Waals surface area contributed by atoms with Gasteiger partial charge in [0.2, 0.25) is 0 Å². The summed E-state index contributed by atoms with van der Waals surface area (Å²) in [5, 5.41) is 24.1. The molecule has 0 radical (unpaired) electrons. The summed E-state index contributed by atoms with van der Waals surface area (Å²) >= 11 is 0. The van der Waals surface area contributed by atoms with Gasteiger partial charge >= 0.3 is 11.9 Å². The molecule has 0 aromatic rings. The first-order valence-corrected chi connectivity index (χ1v) is 11.0. The molecule has 0 saturated heterocycles. The second-order valence-electron chi connectivity index (χ2n) is 6.96. The third kappa shape index (κ3) is 20.2. The number of rotatable bonds is 10. The summed E-state index contributed by atoms with van der Waals surface area (Å²) in [6.45, 7) is 12.7. The van der Waals surface area contributed by atoms with Crippen molar-refractivity contribution in [3.8, 4) is 12.1 Å². The highest BCUT2D eigenvalue weighted by molar-refractivity contribution is 5.93. The molecule has 0 heterocycles. The summed E-state index contributed by atoms with van der Waals surface area (Å²) in [5.41, 5.74) is -0.0515. The second-order valence-corrected chi connectivity index (χ2v) is 6.96. The maximum Gasteiger partial charge on any atom is 0.352 e. The summed E-state index contributed by atoms with van der Waals surface area (Å²) < 4.78 is 29.3. The van der Waals surface area contributed by atoms with Gasteiger partial charge in [-0.15, -0.1) is 0 Å². The molecule has 0 bridgehead atoms. The first-order chi connectivity index (χ1) is 16.7. The first kappa shape index (κ1) is 40.0. The number of hydrogen-bond acceptors (Lipinski definition) is 11. The normalized spacial score (nSPS) is 10.4. The predicted molar refractivity (Wildman–Crippen MR) is 130 cm³/mol. The number of carboxylic acid groups (broad SMARTS) is 1. The maximum atomic E-state index is 11.3. The Labute approximate surface area is 214 Å². The van der Waals surface area contributed by atoms with Gasteiger partial charge in [0.15, 0.2) is 5.57 Å². The van der Waals surface area contributed by atoms with E-state index in [2.05, 4.69) is 4.74 Å². The Balaban J connectivity index is -0.000000205. The SMILES string of the molecule is CC(=O)O.CCOC(=O)/C(C#N)=C(\OC)C(C)C.CCOC(=O)CC#N.COC(OC)(OC)C(C)C. The van der Waals surface area contributed by atoms with E-state index in [9.17, 15) is 9.59 Å². The minimum atomic E-state index is -0.875. The van der Waals surface area contributed by atoms with Gasteiger partial charge < -0.3 is 33.5 Å². The van der Waals surface area contributed by atoms with Crippen molar-refractivity contribution in [3.63, 3.8) is 0 Å². The molecule has 208 valence electrons. The van der Waals surface area contributed by atoms with Crippen LogP contribution in [0.4, 0.5) is 0 Å². The summed E-state index contributed by atoms with van der Waals surface area (Å²) in [6.07, 6.45) is -0.145. The molecule has 0 aromatic heterocycles. The van der Waals surface area contributed by atoms with Gasteiger partial charge in [-0.1, -0.05) is 27.7 Å². The third-order valence-electron chi connectivity index (χ3n) is 3.67. The summed E-state index contributed by atoms with van der Waals surface area (Å²) in [6, 6.07) is 3.48. The highest BCUT2D eigenvalue weighted by atomic mass is 16.9. The number of carbonyl (C=O) groups is 3. The average molecular weight is 519 g/mol. The summed E-state index contributed by atoms with van der Waals surface area (Å²) in [5.74, 6) is -2.26. The molecule has 0 saturated carbocycles. The molecule has 36 heavy (non-hydrogen) atoms. The van der Waals surface area contributed by atoms with Crippen LogP contribution >= 0.6 is 0 Å². The molecule has 0 unspecified atom stereocenters. The smallest absolute Gasteiger partial charge is 0.352 e. The van der Waals surface area contributed by atoms with E-state index in [1.54, 1.807) is 47.3 Å². The Morgan fingerprint density at radius 1 is 0.889 bits per heavy atom. The van der Waals surface area contributed by atoms with Crippen LogP contribution in [0.3, 0.4) is 0 Å². The number of nitrogens with zero attached hydrogens (tertiary/aromatic N) is 2. The molecule has 1 N–H and O–H groups in total. The fourth-order valence-electron chi connectivity index (χ4n) is 2.26. The van der Waals surface area contributed by atoms with E-state index in [-0.39, 0.29) is 30.4 Å². The van der Waals surface area contributed by atoms with Crippen molar-refractivity contribution in [1.82, 2.24) is 0 Å². The van der Waals surface area contributed by atoms with Gasteiger partial charge in [0, 0.05) is 40.1 Å². The van der Waals surface area contributed by atoms with Gasteiger partial charge in [-0.3, -0.25) is 9.59 Å². The lowest BCUT2D eigenvalue weighted by Gasteiger charge is -2.32. The van der Waals surface area contributed by atoms with Crippen molar-refractivity contribution >= 4 is 17.9 Å². The van der Waals surface area contributed by atoms with E-state index < -0.39 is 23.9 Å². The van der Waals surface area contributed by atoms with E-state index in [4.69, 9.17) is 44.1 Å². The molecule has 0 aliphatic carbocycles. The van der Waals surface area contributed by atoms with Gasteiger partial charge in [-0.25, -0.2) is 4.79 Å². The van der Waals surface area contributed by atoms with E-state index in [0.29, 0.717) is 12.4 Å². The first-order valence-electron chi connectivity index (χ1n) is 11.0. The van der Waals surface area contributed by atoms with Gasteiger partial charge in [0.25, 0.3) is 11.9 Å². The molecule has 0 spiro atoms. The molecule has 0 aliphatic heterocycles.